The first-order valence-electron chi connectivity index (χ1n) is 19.9. The van der Waals surface area contributed by atoms with Crippen molar-refractivity contribution < 1.29 is 84.9 Å². The standard InChI is InChI=1S/C38H42N9O19P3/c1-45(2)19-6-9-22-25(14-19)62-26-15-20(46(3)4)7-10-23(26)28(22)24-13-18(5-8-21(24)36(51)52)33(49)40-11-12-41-38(53)64-31-27(16-61-68(57,58)66-69(59,60)65-67(54,55)56)63-35(30(31)48)47-17-42-29-32(47)43-37(39)44-34(29)50/h5-10,13-15,17,27,30-31,35,48H,11-12,16H2,1-4H3,(H9-,39,40,41,43,44,49,50,51,52,53,54,55,56,57,58,59,60)/p+1/t27-,30-,31-,35-/m1/s1. The fourth-order valence-electron chi connectivity index (χ4n) is 7.23. The zero-order valence-corrected chi connectivity index (χ0v) is 39.0. The maximum atomic E-state index is 13.6. The molecule has 2 aromatic heterocycles. The number of phosphoric ester groups is 1. The highest BCUT2D eigenvalue weighted by molar-refractivity contribution is 7.66. The molecule has 0 saturated carbocycles. The van der Waals surface area contributed by atoms with Gasteiger partial charge in [-0.3, -0.25) is 23.7 Å². The molecule has 2 amide bonds. The Morgan fingerprint density at radius 1 is 0.957 bits per heavy atom. The van der Waals surface area contributed by atoms with Gasteiger partial charge in [-0.1, -0.05) is 0 Å². The second-order valence-corrected chi connectivity index (χ2v) is 19.9. The summed E-state index contributed by atoms with van der Waals surface area (Å²) in [6.45, 7) is -1.75. The number of hydrogen-bond acceptors (Lipinski definition) is 18. The Hall–Kier alpha value is -6.38. The molecule has 0 bridgehead atoms. The molecule has 0 spiro atoms. The highest BCUT2D eigenvalue weighted by atomic mass is 31.3. The number of aliphatic hydroxyl groups is 1. The van der Waals surface area contributed by atoms with E-state index < -0.39 is 78.1 Å². The average molecular weight is 1020 g/mol. The van der Waals surface area contributed by atoms with Gasteiger partial charge in [0, 0.05) is 67.1 Å². The maximum Gasteiger partial charge on any atom is 0.490 e. The Labute approximate surface area is 387 Å². The Kier molecular flexibility index (Phi) is 14.3. The minimum atomic E-state index is -5.94. The lowest BCUT2D eigenvalue weighted by atomic mass is 9.89. The molecule has 4 heterocycles. The van der Waals surface area contributed by atoms with Gasteiger partial charge in [-0.05, 0) is 42.0 Å². The molecule has 1 aliphatic carbocycles. The molecule has 7 rings (SSSR count). The average Bonchev–Trinajstić information content (AvgIpc) is 3.81. The van der Waals surface area contributed by atoms with Crippen LogP contribution in [0.15, 0.2) is 70.1 Å². The fraction of sp³-hybridized carbons (Fsp3) is 0.289. The number of aromatic carboxylic acids is 1. The molecule has 2 aromatic carbocycles. The van der Waals surface area contributed by atoms with Crippen molar-refractivity contribution in [2.45, 2.75) is 24.5 Å². The van der Waals surface area contributed by atoms with Crippen LogP contribution in [0.3, 0.4) is 0 Å². The number of carbonyl (C=O) groups excluding carboxylic acids is 2. The number of amides is 2. The lowest BCUT2D eigenvalue weighted by molar-refractivity contribution is -0.0508. The van der Waals surface area contributed by atoms with Crippen molar-refractivity contribution in [2.24, 2.45) is 0 Å². The van der Waals surface area contributed by atoms with Crippen LogP contribution in [0.4, 0.5) is 16.4 Å². The van der Waals surface area contributed by atoms with Crippen LogP contribution in [0.1, 0.15) is 26.9 Å². The van der Waals surface area contributed by atoms with E-state index in [9.17, 15) is 52.9 Å². The lowest BCUT2D eigenvalue weighted by Gasteiger charge is -2.22. The second kappa shape index (κ2) is 19.6. The number of nitrogens with two attached hydrogens (primary N) is 1. The maximum absolute atomic E-state index is 13.6. The number of imidazole rings is 1. The third-order valence-electron chi connectivity index (χ3n) is 10.3. The fourth-order valence-corrected chi connectivity index (χ4v) is 10.3. The second-order valence-electron chi connectivity index (χ2n) is 15.5. The predicted molar refractivity (Wildman–Crippen MR) is 240 cm³/mol. The van der Waals surface area contributed by atoms with E-state index in [1.807, 2.05) is 61.9 Å². The van der Waals surface area contributed by atoms with Gasteiger partial charge in [0.1, 0.15) is 37.6 Å². The number of nitrogen functional groups attached to an aromatic ring is 1. The Balaban J connectivity index is 1.08. The lowest BCUT2D eigenvalue weighted by Crippen LogP contribution is -2.42. The highest BCUT2D eigenvalue weighted by Crippen LogP contribution is 2.66. The SMILES string of the molecule is CN(C)c1ccc2c(-c3cc(C(=O)NCCNC(=O)O[C@H]4[C@@H](O)[C@H](n5cnc6c(=O)[nH]c(N)nc65)O[C@@H]4COP(=O)(O)OP(=O)(O)OP(=O)(O)O)ccc3C(=O)O)c3ccc(=[N+](C)C)cc-3oc2c1. The Morgan fingerprint density at radius 3 is 2.36 bits per heavy atom. The molecule has 0 radical (unpaired) electrons. The number of fused-ring (bicyclic) bond motifs is 3. The monoisotopic (exact) mass is 1020 g/mol. The summed E-state index contributed by atoms with van der Waals surface area (Å²) in [4.78, 5) is 101. The topological polar surface area (TPSA) is 403 Å². The van der Waals surface area contributed by atoms with E-state index >= 15 is 0 Å². The van der Waals surface area contributed by atoms with E-state index in [0.29, 0.717) is 27.9 Å². The number of ether oxygens (including phenoxy) is 2. The van der Waals surface area contributed by atoms with Gasteiger partial charge < -0.3 is 64.9 Å². The summed E-state index contributed by atoms with van der Waals surface area (Å²) in [6, 6.07) is 15.0. The number of alkyl carbamates (subject to hydrolysis) is 1. The number of phosphoric acid groups is 3. The van der Waals surface area contributed by atoms with E-state index in [0.717, 1.165) is 21.9 Å². The van der Waals surface area contributed by atoms with Gasteiger partial charge in [0.25, 0.3) is 11.5 Å². The summed E-state index contributed by atoms with van der Waals surface area (Å²) in [5.41, 5.74) is 6.90. The van der Waals surface area contributed by atoms with Crippen LogP contribution in [0.2, 0.25) is 0 Å². The Bertz CT molecular complexity index is 3260. The number of carbonyl (C=O) groups is 3. The molecule has 11 N–H and O–H groups in total. The van der Waals surface area contributed by atoms with Crippen LogP contribution in [0.5, 0.6) is 0 Å². The van der Waals surface area contributed by atoms with Crippen molar-refractivity contribution in [3.8, 4) is 22.5 Å². The highest BCUT2D eigenvalue weighted by Gasteiger charge is 2.50. The quantitative estimate of drug-likeness (QED) is 0.0281. The molecule has 2 aliphatic heterocycles. The number of H-pyrrole nitrogens is 1. The number of nitrogens with one attached hydrogen (secondary N) is 3. The van der Waals surface area contributed by atoms with Gasteiger partial charge in [-0.15, -0.1) is 0 Å². The molecule has 69 heavy (non-hydrogen) atoms. The number of aromatic nitrogens is 4. The number of hydrogen-bond donors (Lipinski definition) is 10. The van der Waals surface area contributed by atoms with E-state index in [4.69, 9.17) is 29.4 Å². The minimum Gasteiger partial charge on any atom is -0.478 e. The molecule has 6 atom stereocenters. The van der Waals surface area contributed by atoms with Crippen molar-refractivity contribution >= 4 is 75.2 Å². The number of carboxylic acids is 1. The third-order valence-corrected chi connectivity index (χ3v) is 14.1. The molecule has 31 heteroatoms. The number of aromatic amines is 1. The van der Waals surface area contributed by atoms with Crippen molar-refractivity contribution in [2.75, 3.05) is 58.5 Å². The number of carboxylic acid groups (broad SMARTS) is 1. The summed E-state index contributed by atoms with van der Waals surface area (Å²) in [5.74, 6) is -1.84. The van der Waals surface area contributed by atoms with Crippen LogP contribution in [0.25, 0.3) is 44.6 Å². The molecular formula is C38H43N9O19P3+. The predicted octanol–water partition coefficient (Wildman–Crippen LogP) is 1.14. The van der Waals surface area contributed by atoms with Crippen LogP contribution < -0.4 is 36.8 Å². The zero-order chi connectivity index (χ0) is 50.3. The van der Waals surface area contributed by atoms with Crippen molar-refractivity contribution in [1.29, 1.82) is 0 Å². The van der Waals surface area contributed by atoms with Gasteiger partial charge in [-0.2, -0.15) is 13.6 Å². The van der Waals surface area contributed by atoms with Crippen molar-refractivity contribution in [3.05, 3.63) is 87.8 Å². The number of rotatable bonds is 16. The molecular weight excluding hydrogens is 979 g/mol. The van der Waals surface area contributed by atoms with E-state index in [1.165, 1.54) is 18.2 Å². The normalized spacial score (nSPS) is 19.0. The molecule has 368 valence electrons. The largest absolute Gasteiger partial charge is 0.490 e. The third kappa shape index (κ3) is 11.4. The molecule has 1 fully saturated rings. The summed E-state index contributed by atoms with van der Waals surface area (Å²) in [6.07, 6.45) is -7.39. The molecule has 3 aliphatic rings. The van der Waals surface area contributed by atoms with E-state index in [2.05, 4.69) is 38.7 Å². The molecule has 1 saturated heterocycles. The smallest absolute Gasteiger partial charge is 0.478 e. The van der Waals surface area contributed by atoms with Gasteiger partial charge in [0.2, 0.25) is 11.3 Å². The van der Waals surface area contributed by atoms with Gasteiger partial charge in [0.05, 0.1) is 24.6 Å². The van der Waals surface area contributed by atoms with Gasteiger partial charge in [0.15, 0.2) is 23.5 Å². The van der Waals surface area contributed by atoms with Crippen LogP contribution in [0, 0.1) is 0 Å². The van der Waals surface area contributed by atoms with Crippen LogP contribution >= 0.6 is 23.5 Å². The van der Waals surface area contributed by atoms with Crippen LogP contribution in [-0.2, 0) is 36.3 Å². The van der Waals surface area contributed by atoms with Crippen molar-refractivity contribution in [1.82, 2.24) is 34.7 Å². The summed E-state index contributed by atoms with van der Waals surface area (Å²) in [7, 11) is -9.98. The summed E-state index contributed by atoms with van der Waals surface area (Å²) in [5, 5.41) is 28.0. The van der Waals surface area contributed by atoms with E-state index in [1.54, 1.807) is 12.1 Å². The zero-order valence-electron chi connectivity index (χ0n) is 36.3. The van der Waals surface area contributed by atoms with Crippen molar-refractivity contribution in [3.63, 3.8) is 0 Å². The first-order valence-corrected chi connectivity index (χ1v) is 24.5. The Morgan fingerprint density at radius 2 is 1.68 bits per heavy atom. The van der Waals surface area contributed by atoms with Gasteiger partial charge in [-0.25, -0.2) is 32.8 Å². The first kappa shape index (κ1) is 50.5. The van der Waals surface area contributed by atoms with Crippen LogP contribution in [-0.4, -0.2) is 133 Å². The number of benzene rings is 3. The molecule has 4 aromatic rings. The first-order chi connectivity index (χ1) is 32.3. The summed E-state index contributed by atoms with van der Waals surface area (Å²) < 4.78 is 68.0. The minimum absolute atomic E-state index is 0.0517. The molecule has 28 nitrogen and oxygen atoms in total. The van der Waals surface area contributed by atoms with E-state index in [-0.39, 0.29) is 46.9 Å². The molecule has 2 unspecified atom stereocenters. The number of anilines is 2. The summed E-state index contributed by atoms with van der Waals surface area (Å²) >= 11 is 0. The van der Waals surface area contributed by atoms with Gasteiger partial charge >= 0.3 is 35.5 Å². The number of aliphatic hydroxyl groups excluding tert-OH is 1. The number of nitrogens with zero attached hydrogens (tertiary/aromatic N) is 5.